The van der Waals surface area contributed by atoms with E-state index in [1.165, 1.54) is 11.0 Å². The summed E-state index contributed by atoms with van der Waals surface area (Å²) >= 11 is 0. The van der Waals surface area contributed by atoms with Crippen molar-refractivity contribution in [1.82, 2.24) is 0 Å². The Morgan fingerprint density at radius 1 is 0.875 bits per heavy atom. The van der Waals surface area contributed by atoms with Crippen molar-refractivity contribution in [2.75, 3.05) is 0 Å². The molecule has 76 valence electrons. The van der Waals surface area contributed by atoms with E-state index in [2.05, 4.69) is 37.2 Å². The second kappa shape index (κ2) is 4.68. The first-order valence-electron chi connectivity index (χ1n) is 5.43. The van der Waals surface area contributed by atoms with Crippen molar-refractivity contribution in [3.8, 4) is 17.2 Å². The minimum Gasteiger partial charge on any atom is -0.192 e. The maximum absolute atomic E-state index is 8.72. The maximum Gasteiger partial charge on any atom is 0.154 e. The summed E-state index contributed by atoms with van der Waals surface area (Å²) in [7, 11) is 1.06. The number of rotatable bonds is 2. The fraction of sp³-hybridized carbons (Fsp3) is 0.0714. The zero-order chi connectivity index (χ0) is 11.4. The third kappa shape index (κ3) is 2.15. The molecule has 0 N–H and O–H groups in total. The van der Waals surface area contributed by atoms with Gasteiger partial charge in [-0.25, -0.2) is 0 Å². The fourth-order valence-electron chi connectivity index (χ4n) is 1.67. The van der Waals surface area contributed by atoms with Crippen molar-refractivity contribution in [1.29, 1.82) is 5.26 Å². The van der Waals surface area contributed by atoms with E-state index in [0.29, 0.717) is 5.56 Å². The highest BCUT2D eigenvalue weighted by Crippen LogP contribution is 2.18. The first-order valence-corrected chi connectivity index (χ1v) is 5.43. The summed E-state index contributed by atoms with van der Waals surface area (Å²) in [6, 6.07) is 18.3. The molecule has 2 aromatic carbocycles. The molecule has 0 fully saturated rings. The summed E-state index contributed by atoms with van der Waals surface area (Å²) in [4.78, 5) is 0. The highest BCUT2D eigenvalue weighted by molar-refractivity contribution is 6.51. The van der Waals surface area contributed by atoms with E-state index in [1.807, 2.05) is 24.3 Å². The molecule has 2 rings (SSSR count). The standard InChI is InChI=1S/C14H12BN/c1-15-14-8-6-13(7-9-14)12-4-2-11(10-16)3-5-12/h2-9,15H,1H3. The van der Waals surface area contributed by atoms with Crippen LogP contribution in [0.2, 0.25) is 6.82 Å². The molecule has 0 aromatic heterocycles. The van der Waals surface area contributed by atoms with Crippen LogP contribution in [0.5, 0.6) is 0 Å². The van der Waals surface area contributed by atoms with Crippen molar-refractivity contribution in [2.45, 2.75) is 6.82 Å². The minimum absolute atomic E-state index is 0.703. The van der Waals surface area contributed by atoms with E-state index in [4.69, 9.17) is 5.26 Å². The molecule has 0 atom stereocenters. The highest BCUT2D eigenvalue weighted by Gasteiger charge is 1.98. The van der Waals surface area contributed by atoms with Gasteiger partial charge in [0.2, 0.25) is 0 Å². The van der Waals surface area contributed by atoms with E-state index in [0.717, 1.165) is 12.8 Å². The molecule has 0 radical (unpaired) electrons. The van der Waals surface area contributed by atoms with Gasteiger partial charge >= 0.3 is 0 Å². The predicted molar refractivity (Wildman–Crippen MR) is 69.2 cm³/mol. The average Bonchev–Trinajstić information content (AvgIpc) is 2.39. The van der Waals surface area contributed by atoms with Crippen LogP contribution in [0.3, 0.4) is 0 Å². The lowest BCUT2D eigenvalue weighted by Crippen LogP contribution is -2.08. The molecule has 0 aliphatic carbocycles. The zero-order valence-corrected chi connectivity index (χ0v) is 9.27. The Labute approximate surface area is 96.6 Å². The lowest BCUT2D eigenvalue weighted by molar-refractivity contribution is 1.48. The molecule has 0 aliphatic rings. The molecular formula is C14H12BN. The number of benzene rings is 2. The maximum atomic E-state index is 8.72. The number of hydrogen-bond donors (Lipinski definition) is 0. The normalized spacial score (nSPS) is 9.50. The van der Waals surface area contributed by atoms with E-state index in [-0.39, 0.29) is 0 Å². The molecule has 0 aliphatic heterocycles. The lowest BCUT2D eigenvalue weighted by Gasteiger charge is -2.02. The van der Waals surface area contributed by atoms with Crippen molar-refractivity contribution >= 4 is 12.7 Å². The van der Waals surface area contributed by atoms with E-state index in [1.54, 1.807) is 0 Å². The monoisotopic (exact) mass is 205 g/mol. The molecule has 0 bridgehead atoms. The first-order chi connectivity index (χ1) is 7.83. The van der Waals surface area contributed by atoms with Crippen molar-refractivity contribution in [3.63, 3.8) is 0 Å². The molecular weight excluding hydrogens is 193 g/mol. The topological polar surface area (TPSA) is 23.8 Å². The van der Waals surface area contributed by atoms with Crippen LogP contribution < -0.4 is 5.46 Å². The summed E-state index contributed by atoms with van der Waals surface area (Å²) in [6.45, 7) is 2.15. The summed E-state index contributed by atoms with van der Waals surface area (Å²) in [6.07, 6.45) is 0. The van der Waals surface area contributed by atoms with Gasteiger partial charge in [0.25, 0.3) is 0 Å². The Morgan fingerprint density at radius 3 is 1.81 bits per heavy atom. The Bertz CT molecular complexity index is 506. The highest BCUT2D eigenvalue weighted by atomic mass is 14.2. The molecule has 0 saturated heterocycles. The summed E-state index contributed by atoms with van der Waals surface area (Å²) < 4.78 is 0. The first kappa shape index (κ1) is 10.5. The van der Waals surface area contributed by atoms with Crippen LogP contribution >= 0.6 is 0 Å². The van der Waals surface area contributed by atoms with Gasteiger partial charge in [-0.1, -0.05) is 48.7 Å². The summed E-state index contributed by atoms with van der Waals surface area (Å²) in [5.74, 6) is 0. The van der Waals surface area contributed by atoms with Gasteiger partial charge in [0.1, 0.15) is 0 Å². The molecule has 0 amide bonds. The molecule has 0 heterocycles. The quantitative estimate of drug-likeness (QED) is 0.690. The Kier molecular flexibility index (Phi) is 3.07. The summed E-state index contributed by atoms with van der Waals surface area (Å²) in [5, 5.41) is 8.72. The van der Waals surface area contributed by atoms with Gasteiger partial charge in [-0.15, -0.1) is 0 Å². The molecule has 16 heavy (non-hydrogen) atoms. The summed E-state index contributed by atoms with van der Waals surface area (Å²) in [5.41, 5.74) is 4.40. The van der Waals surface area contributed by atoms with Crippen LogP contribution in [-0.4, -0.2) is 7.28 Å². The smallest absolute Gasteiger partial charge is 0.154 e. The molecule has 2 heteroatoms. The van der Waals surface area contributed by atoms with Crippen molar-refractivity contribution in [3.05, 3.63) is 54.1 Å². The van der Waals surface area contributed by atoms with Crippen LogP contribution in [0.15, 0.2) is 48.5 Å². The van der Waals surface area contributed by atoms with Gasteiger partial charge in [-0.05, 0) is 23.3 Å². The third-order valence-corrected chi connectivity index (χ3v) is 2.71. The second-order valence-electron chi connectivity index (χ2n) is 3.74. The number of nitrogens with zero attached hydrogens (tertiary/aromatic N) is 1. The molecule has 0 saturated carbocycles. The zero-order valence-electron chi connectivity index (χ0n) is 9.27. The van der Waals surface area contributed by atoms with Crippen LogP contribution in [0.25, 0.3) is 11.1 Å². The third-order valence-electron chi connectivity index (χ3n) is 2.71. The molecule has 1 nitrogen and oxygen atoms in total. The SMILES string of the molecule is CBc1ccc(-c2ccc(C#N)cc2)cc1. The lowest BCUT2D eigenvalue weighted by atomic mass is 9.73. The van der Waals surface area contributed by atoms with Gasteiger partial charge in [-0.2, -0.15) is 5.26 Å². The van der Waals surface area contributed by atoms with E-state index >= 15 is 0 Å². The molecule has 0 unspecified atom stereocenters. The largest absolute Gasteiger partial charge is 0.192 e. The second-order valence-corrected chi connectivity index (χ2v) is 3.74. The van der Waals surface area contributed by atoms with Gasteiger partial charge in [-0.3, -0.25) is 0 Å². The molecule has 0 spiro atoms. The van der Waals surface area contributed by atoms with Gasteiger partial charge in [0.05, 0.1) is 11.6 Å². The van der Waals surface area contributed by atoms with Gasteiger partial charge in [0, 0.05) is 0 Å². The van der Waals surface area contributed by atoms with Crippen molar-refractivity contribution < 1.29 is 0 Å². The average molecular weight is 205 g/mol. The minimum atomic E-state index is 0.703. The number of nitriles is 1. The van der Waals surface area contributed by atoms with E-state index in [9.17, 15) is 0 Å². The Hall–Kier alpha value is -2.01. The van der Waals surface area contributed by atoms with Crippen LogP contribution in [0.4, 0.5) is 0 Å². The van der Waals surface area contributed by atoms with Crippen LogP contribution in [0, 0.1) is 11.3 Å². The number of hydrogen-bond acceptors (Lipinski definition) is 1. The van der Waals surface area contributed by atoms with E-state index < -0.39 is 0 Å². The van der Waals surface area contributed by atoms with Crippen LogP contribution in [0.1, 0.15) is 5.56 Å². The molecule has 2 aromatic rings. The Morgan fingerprint density at radius 2 is 1.38 bits per heavy atom. The van der Waals surface area contributed by atoms with Gasteiger partial charge in [0.15, 0.2) is 7.28 Å². The van der Waals surface area contributed by atoms with Crippen LogP contribution in [-0.2, 0) is 0 Å². The van der Waals surface area contributed by atoms with Gasteiger partial charge < -0.3 is 0 Å². The fourth-order valence-corrected chi connectivity index (χ4v) is 1.67. The van der Waals surface area contributed by atoms with Crippen molar-refractivity contribution in [2.24, 2.45) is 0 Å². The predicted octanol–water partition coefficient (Wildman–Crippen LogP) is 2.34. The Balaban J connectivity index is 2.32.